The van der Waals surface area contributed by atoms with Gasteiger partial charge in [0.2, 0.25) is 0 Å². The van der Waals surface area contributed by atoms with Gasteiger partial charge in [-0.05, 0) is 19.9 Å². The normalized spacial score (nSPS) is 33.4. The largest absolute Gasteiger partial charge is 0.381 e. The van der Waals surface area contributed by atoms with Gasteiger partial charge in [-0.1, -0.05) is 13.8 Å². The first-order chi connectivity index (χ1) is 9.32. The highest BCUT2D eigenvalue weighted by molar-refractivity contribution is 7.91. The van der Waals surface area contributed by atoms with Crippen LogP contribution in [0.1, 0.15) is 26.7 Å². The minimum absolute atomic E-state index is 0.130. The second-order valence-corrected chi connectivity index (χ2v) is 9.04. The van der Waals surface area contributed by atoms with Crippen LogP contribution >= 0.6 is 0 Å². The molecule has 0 aromatic rings. The Labute approximate surface area is 123 Å². The van der Waals surface area contributed by atoms with E-state index in [1.165, 1.54) is 0 Å². The van der Waals surface area contributed by atoms with Crippen molar-refractivity contribution in [2.24, 2.45) is 5.41 Å². The SMILES string of the molecule is CC(C)NCC1(CN(C)C2CCS(=O)(=O)C2)CCOC1. The van der Waals surface area contributed by atoms with Crippen LogP contribution in [0.15, 0.2) is 0 Å². The Morgan fingerprint density at radius 3 is 2.70 bits per heavy atom. The van der Waals surface area contributed by atoms with E-state index in [4.69, 9.17) is 4.74 Å². The molecule has 2 unspecified atom stereocenters. The fourth-order valence-corrected chi connectivity index (χ4v) is 4.98. The molecule has 6 heteroatoms. The monoisotopic (exact) mass is 304 g/mol. The van der Waals surface area contributed by atoms with Gasteiger partial charge in [-0.3, -0.25) is 0 Å². The third kappa shape index (κ3) is 4.16. The fourth-order valence-electron chi connectivity index (χ4n) is 3.17. The van der Waals surface area contributed by atoms with Gasteiger partial charge in [-0.15, -0.1) is 0 Å². The fraction of sp³-hybridized carbons (Fsp3) is 1.00. The lowest BCUT2D eigenvalue weighted by Crippen LogP contribution is -2.48. The van der Waals surface area contributed by atoms with Crippen molar-refractivity contribution in [3.05, 3.63) is 0 Å². The van der Waals surface area contributed by atoms with Crippen molar-refractivity contribution < 1.29 is 13.2 Å². The van der Waals surface area contributed by atoms with Crippen LogP contribution in [0.3, 0.4) is 0 Å². The molecule has 118 valence electrons. The zero-order valence-corrected chi connectivity index (χ0v) is 13.7. The molecular weight excluding hydrogens is 276 g/mol. The maximum atomic E-state index is 11.6. The molecule has 0 aromatic heterocycles. The van der Waals surface area contributed by atoms with E-state index in [2.05, 4.69) is 31.1 Å². The van der Waals surface area contributed by atoms with E-state index in [1.807, 2.05) is 0 Å². The molecule has 0 aromatic carbocycles. The van der Waals surface area contributed by atoms with Crippen LogP contribution in [-0.2, 0) is 14.6 Å². The Kier molecular flexibility index (Phi) is 5.10. The van der Waals surface area contributed by atoms with Gasteiger partial charge in [0.05, 0.1) is 18.1 Å². The van der Waals surface area contributed by atoms with Crippen LogP contribution in [0, 0.1) is 5.41 Å². The molecule has 2 saturated heterocycles. The van der Waals surface area contributed by atoms with Crippen molar-refractivity contribution in [3.8, 4) is 0 Å². The molecule has 0 amide bonds. The van der Waals surface area contributed by atoms with E-state index in [-0.39, 0.29) is 11.5 Å². The van der Waals surface area contributed by atoms with Crippen molar-refractivity contribution in [3.63, 3.8) is 0 Å². The number of hydrogen-bond donors (Lipinski definition) is 1. The highest BCUT2D eigenvalue weighted by Crippen LogP contribution is 2.30. The maximum absolute atomic E-state index is 11.6. The van der Waals surface area contributed by atoms with Crippen LogP contribution in [-0.4, -0.2) is 70.3 Å². The molecule has 2 heterocycles. The molecule has 2 atom stereocenters. The quantitative estimate of drug-likeness (QED) is 0.775. The van der Waals surface area contributed by atoms with Crippen molar-refractivity contribution in [1.29, 1.82) is 0 Å². The van der Waals surface area contributed by atoms with Gasteiger partial charge in [0, 0.05) is 37.2 Å². The maximum Gasteiger partial charge on any atom is 0.151 e. The van der Waals surface area contributed by atoms with E-state index < -0.39 is 9.84 Å². The smallest absolute Gasteiger partial charge is 0.151 e. The summed E-state index contributed by atoms with van der Waals surface area (Å²) in [5.41, 5.74) is 0.130. The second kappa shape index (κ2) is 6.30. The summed E-state index contributed by atoms with van der Waals surface area (Å²) in [6.07, 6.45) is 1.82. The topological polar surface area (TPSA) is 58.6 Å². The average molecular weight is 304 g/mol. The van der Waals surface area contributed by atoms with Crippen molar-refractivity contribution >= 4 is 9.84 Å². The van der Waals surface area contributed by atoms with Crippen molar-refractivity contribution in [2.75, 3.05) is 44.9 Å². The van der Waals surface area contributed by atoms with Gasteiger partial charge in [-0.25, -0.2) is 8.42 Å². The van der Waals surface area contributed by atoms with Gasteiger partial charge >= 0.3 is 0 Å². The first-order valence-corrected chi connectivity index (χ1v) is 9.36. The summed E-state index contributed by atoms with van der Waals surface area (Å²) >= 11 is 0. The predicted molar refractivity (Wildman–Crippen MR) is 80.7 cm³/mol. The summed E-state index contributed by atoms with van der Waals surface area (Å²) in [4.78, 5) is 2.24. The first-order valence-electron chi connectivity index (χ1n) is 7.54. The van der Waals surface area contributed by atoms with Gasteiger partial charge in [0.25, 0.3) is 0 Å². The summed E-state index contributed by atoms with van der Waals surface area (Å²) in [5, 5.41) is 3.52. The molecule has 0 bridgehead atoms. The molecule has 2 fully saturated rings. The van der Waals surface area contributed by atoms with Gasteiger partial charge < -0.3 is 15.0 Å². The van der Waals surface area contributed by atoms with E-state index in [9.17, 15) is 8.42 Å². The van der Waals surface area contributed by atoms with Crippen LogP contribution in [0.4, 0.5) is 0 Å². The zero-order valence-electron chi connectivity index (χ0n) is 12.9. The standard InChI is InChI=1S/C14H28N2O3S/c1-12(2)15-9-14(5-6-19-11-14)10-16(3)13-4-7-20(17,18)8-13/h12-13,15H,4-11H2,1-3H3. The molecule has 5 nitrogen and oxygen atoms in total. The molecule has 2 aliphatic heterocycles. The Bertz CT molecular complexity index is 416. The molecule has 2 aliphatic rings. The lowest BCUT2D eigenvalue weighted by Gasteiger charge is -2.35. The van der Waals surface area contributed by atoms with Crippen LogP contribution < -0.4 is 5.32 Å². The first kappa shape index (κ1) is 16.2. The summed E-state index contributed by atoms with van der Waals surface area (Å²) in [7, 11) is -0.752. The highest BCUT2D eigenvalue weighted by atomic mass is 32.2. The highest BCUT2D eigenvalue weighted by Gasteiger charge is 2.39. The van der Waals surface area contributed by atoms with Crippen LogP contribution in [0.25, 0.3) is 0 Å². The third-order valence-electron chi connectivity index (χ3n) is 4.49. The second-order valence-electron chi connectivity index (χ2n) is 6.81. The number of ether oxygens (including phenoxy) is 1. The Balaban J connectivity index is 1.94. The summed E-state index contributed by atoms with van der Waals surface area (Å²) in [6.45, 7) is 7.74. The summed E-state index contributed by atoms with van der Waals surface area (Å²) in [6, 6.07) is 0.640. The minimum atomic E-state index is -2.81. The van der Waals surface area contributed by atoms with E-state index >= 15 is 0 Å². The molecule has 2 rings (SSSR count). The number of sulfone groups is 1. The van der Waals surface area contributed by atoms with Crippen molar-refractivity contribution in [1.82, 2.24) is 10.2 Å². The van der Waals surface area contributed by atoms with Crippen molar-refractivity contribution in [2.45, 2.75) is 38.8 Å². The predicted octanol–water partition coefficient (Wildman–Crippen LogP) is 0.510. The Hall–Kier alpha value is -0.170. The van der Waals surface area contributed by atoms with Gasteiger partial charge in [0.1, 0.15) is 0 Å². The minimum Gasteiger partial charge on any atom is -0.381 e. The van der Waals surface area contributed by atoms with E-state index in [0.29, 0.717) is 17.5 Å². The summed E-state index contributed by atoms with van der Waals surface area (Å²) in [5.74, 6) is 0.661. The molecular formula is C14H28N2O3S. The number of hydrogen-bond acceptors (Lipinski definition) is 5. The van der Waals surface area contributed by atoms with E-state index in [0.717, 1.165) is 39.1 Å². The Morgan fingerprint density at radius 2 is 2.20 bits per heavy atom. The summed E-state index contributed by atoms with van der Waals surface area (Å²) < 4.78 is 28.8. The molecule has 20 heavy (non-hydrogen) atoms. The zero-order chi connectivity index (χ0) is 14.8. The number of nitrogens with one attached hydrogen (secondary N) is 1. The molecule has 0 aliphatic carbocycles. The van der Waals surface area contributed by atoms with Crippen LogP contribution in [0.5, 0.6) is 0 Å². The number of rotatable bonds is 6. The van der Waals surface area contributed by atoms with Gasteiger partial charge in [-0.2, -0.15) is 0 Å². The average Bonchev–Trinajstić information content (AvgIpc) is 2.94. The lowest BCUT2D eigenvalue weighted by atomic mass is 9.86. The van der Waals surface area contributed by atoms with Gasteiger partial charge in [0.15, 0.2) is 9.84 Å². The molecule has 0 saturated carbocycles. The van der Waals surface area contributed by atoms with E-state index in [1.54, 1.807) is 0 Å². The lowest BCUT2D eigenvalue weighted by molar-refractivity contribution is 0.104. The third-order valence-corrected chi connectivity index (χ3v) is 6.24. The Morgan fingerprint density at radius 1 is 1.45 bits per heavy atom. The number of nitrogens with zero attached hydrogens (tertiary/aromatic N) is 1. The molecule has 0 radical (unpaired) electrons. The molecule has 1 N–H and O–H groups in total. The van der Waals surface area contributed by atoms with Crippen LogP contribution in [0.2, 0.25) is 0 Å². The molecule has 0 spiro atoms.